The van der Waals surface area contributed by atoms with Crippen molar-refractivity contribution in [2.24, 2.45) is 5.92 Å². The number of piperidine rings is 1. The van der Waals surface area contributed by atoms with Gasteiger partial charge in [0.25, 0.3) is 5.91 Å². The molecule has 1 aromatic carbocycles. The molecule has 0 saturated carbocycles. The first-order chi connectivity index (χ1) is 18.7. The van der Waals surface area contributed by atoms with E-state index in [1.54, 1.807) is 30.3 Å². The topological polar surface area (TPSA) is 115 Å². The predicted octanol–water partition coefficient (Wildman–Crippen LogP) is 3.20. The highest BCUT2D eigenvalue weighted by Gasteiger charge is 2.46. The summed E-state index contributed by atoms with van der Waals surface area (Å²) in [6.07, 6.45) is 3.34. The molecule has 0 radical (unpaired) electrons. The molecule has 0 bridgehead atoms. The molecule has 10 heteroatoms. The molecule has 1 N–H and O–H groups in total. The molecular weight excluding hydrogens is 504 g/mol. The maximum Gasteiger partial charge on any atom is 0.306 e. The number of ether oxygens (including phenoxy) is 4. The van der Waals surface area contributed by atoms with Gasteiger partial charge < -0.3 is 29.0 Å². The standard InChI is InChI=1S/C29H34N2O8/c1-16-12-20(19-6-5-7-22(36-3)26(19)37-4)27-25-21(16)15-38-14-17(2)31(25)28(33)23(39-27)13-24(32)30-10-8-18(9-11-30)29(34)35/h5-7,12,15,17-18,20,23H,8-11,13-14H2,1-4H3,(H,34,35)/t17-,20+,23-/m1/s1. The molecule has 1 fully saturated rings. The van der Waals surface area contributed by atoms with Crippen molar-refractivity contribution in [1.82, 2.24) is 9.80 Å². The third kappa shape index (κ3) is 4.72. The Morgan fingerprint density at radius 3 is 2.56 bits per heavy atom. The van der Waals surface area contributed by atoms with E-state index in [2.05, 4.69) is 0 Å². The van der Waals surface area contributed by atoms with Crippen LogP contribution in [0.5, 0.6) is 11.5 Å². The first kappa shape index (κ1) is 26.6. The monoisotopic (exact) mass is 538 g/mol. The maximum absolute atomic E-state index is 13.9. The maximum atomic E-state index is 13.9. The summed E-state index contributed by atoms with van der Waals surface area (Å²) < 4.78 is 23.5. The number of hydrogen-bond donors (Lipinski definition) is 1. The van der Waals surface area contributed by atoms with Crippen LogP contribution in [-0.2, 0) is 23.9 Å². The van der Waals surface area contributed by atoms with E-state index in [0.717, 1.165) is 16.7 Å². The fourth-order valence-electron chi connectivity index (χ4n) is 5.84. The molecule has 3 atom stereocenters. The summed E-state index contributed by atoms with van der Waals surface area (Å²) in [7, 11) is 3.16. The number of aliphatic carboxylic acids is 1. The van der Waals surface area contributed by atoms with Gasteiger partial charge in [0.2, 0.25) is 5.91 Å². The van der Waals surface area contributed by atoms with Crippen LogP contribution in [0.1, 0.15) is 44.6 Å². The number of para-hydroxylation sites is 1. The van der Waals surface area contributed by atoms with Gasteiger partial charge >= 0.3 is 5.97 Å². The Bertz CT molecular complexity index is 1270. The number of methoxy groups -OCH3 is 2. The van der Waals surface area contributed by atoms with Crippen LogP contribution >= 0.6 is 0 Å². The van der Waals surface area contributed by atoms with E-state index in [1.165, 1.54) is 0 Å². The number of carbonyl (C=O) groups excluding carboxylic acids is 2. The minimum atomic E-state index is -1.03. The van der Waals surface area contributed by atoms with Crippen molar-refractivity contribution in [3.05, 3.63) is 58.7 Å². The van der Waals surface area contributed by atoms with Crippen molar-refractivity contribution in [2.45, 2.75) is 51.2 Å². The van der Waals surface area contributed by atoms with Crippen LogP contribution in [0.3, 0.4) is 0 Å². The van der Waals surface area contributed by atoms with Gasteiger partial charge in [-0.25, -0.2) is 0 Å². The molecule has 2 amide bonds. The van der Waals surface area contributed by atoms with E-state index in [4.69, 9.17) is 18.9 Å². The van der Waals surface area contributed by atoms with Crippen molar-refractivity contribution in [3.8, 4) is 11.5 Å². The molecule has 10 nitrogen and oxygen atoms in total. The number of benzene rings is 1. The van der Waals surface area contributed by atoms with Gasteiger partial charge in [-0.15, -0.1) is 0 Å². The van der Waals surface area contributed by atoms with Gasteiger partial charge in [0.05, 0.1) is 50.5 Å². The molecule has 1 aromatic rings. The van der Waals surface area contributed by atoms with Crippen LogP contribution in [0, 0.1) is 5.92 Å². The van der Waals surface area contributed by atoms with Crippen LogP contribution in [0.2, 0.25) is 0 Å². The van der Waals surface area contributed by atoms with Crippen LogP contribution < -0.4 is 9.47 Å². The Balaban J connectivity index is 1.51. The van der Waals surface area contributed by atoms with Crippen LogP contribution in [-0.4, -0.2) is 78.8 Å². The molecule has 3 aliphatic heterocycles. The number of amides is 2. The highest BCUT2D eigenvalue weighted by molar-refractivity contribution is 5.91. The minimum absolute atomic E-state index is 0.138. The molecule has 0 spiro atoms. The molecule has 39 heavy (non-hydrogen) atoms. The minimum Gasteiger partial charge on any atom is -0.498 e. The number of nitrogens with zero attached hydrogens (tertiary/aromatic N) is 2. The van der Waals surface area contributed by atoms with Crippen molar-refractivity contribution >= 4 is 17.8 Å². The first-order valence-corrected chi connectivity index (χ1v) is 13.2. The lowest BCUT2D eigenvalue weighted by Gasteiger charge is -2.42. The molecule has 208 valence electrons. The zero-order valence-electron chi connectivity index (χ0n) is 22.6. The van der Waals surface area contributed by atoms with E-state index in [9.17, 15) is 19.5 Å². The quantitative estimate of drug-likeness (QED) is 0.587. The average molecular weight is 539 g/mol. The fraction of sp³-hybridized carbons (Fsp3) is 0.483. The normalized spacial score (nSPS) is 25.0. The summed E-state index contributed by atoms with van der Waals surface area (Å²) in [5, 5.41) is 9.29. The number of allylic oxidation sites excluding steroid dienone is 2. The second-order valence-electron chi connectivity index (χ2n) is 10.3. The third-order valence-electron chi connectivity index (χ3n) is 7.94. The lowest BCUT2D eigenvalue weighted by atomic mass is 9.83. The molecule has 1 aliphatic carbocycles. The van der Waals surface area contributed by atoms with E-state index >= 15 is 0 Å². The Morgan fingerprint density at radius 1 is 1.15 bits per heavy atom. The second kappa shape index (κ2) is 10.7. The predicted molar refractivity (Wildman–Crippen MR) is 140 cm³/mol. The zero-order valence-corrected chi connectivity index (χ0v) is 22.6. The van der Waals surface area contributed by atoms with Crippen molar-refractivity contribution in [2.75, 3.05) is 33.9 Å². The van der Waals surface area contributed by atoms with Gasteiger partial charge in [-0.3, -0.25) is 19.3 Å². The van der Waals surface area contributed by atoms with Crippen molar-refractivity contribution < 1.29 is 38.4 Å². The highest BCUT2D eigenvalue weighted by atomic mass is 16.5. The molecular formula is C29H34N2O8. The van der Waals surface area contributed by atoms with Gasteiger partial charge in [0.15, 0.2) is 17.6 Å². The van der Waals surface area contributed by atoms with Crippen LogP contribution in [0.15, 0.2) is 53.1 Å². The van der Waals surface area contributed by atoms with Gasteiger partial charge in [0, 0.05) is 24.2 Å². The first-order valence-electron chi connectivity index (χ1n) is 13.2. The number of carboxylic acid groups (broad SMARTS) is 1. The molecule has 1 saturated heterocycles. The number of likely N-dealkylation sites (tertiary alicyclic amines) is 1. The average Bonchev–Trinajstić information content (AvgIpc) is 3.11. The number of rotatable bonds is 6. The van der Waals surface area contributed by atoms with E-state index < -0.39 is 23.9 Å². The molecule has 0 aromatic heterocycles. The van der Waals surface area contributed by atoms with Crippen molar-refractivity contribution in [3.63, 3.8) is 0 Å². The molecule has 5 rings (SSSR count). The lowest BCUT2D eigenvalue weighted by Crippen LogP contribution is -2.52. The number of carboxylic acids is 1. The summed E-state index contributed by atoms with van der Waals surface area (Å²) in [6, 6.07) is 5.34. The highest BCUT2D eigenvalue weighted by Crippen LogP contribution is 2.49. The van der Waals surface area contributed by atoms with Crippen LogP contribution in [0.4, 0.5) is 0 Å². The van der Waals surface area contributed by atoms with E-state index in [1.807, 2.05) is 38.1 Å². The smallest absolute Gasteiger partial charge is 0.306 e. The second-order valence-corrected chi connectivity index (χ2v) is 10.3. The van der Waals surface area contributed by atoms with Gasteiger partial charge in [0.1, 0.15) is 12.4 Å². The van der Waals surface area contributed by atoms with E-state index in [0.29, 0.717) is 55.5 Å². The number of carbonyl (C=O) groups is 3. The number of hydrogen-bond acceptors (Lipinski definition) is 7. The largest absolute Gasteiger partial charge is 0.498 e. The van der Waals surface area contributed by atoms with E-state index in [-0.39, 0.29) is 24.3 Å². The molecule has 0 unspecified atom stereocenters. The summed E-state index contributed by atoms with van der Waals surface area (Å²) in [6.45, 7) is 4.87. The Kier molecular flexibility index (Phi) is 7.29. The van der Waals surface area contributed by atoms with Crippen molar-refractivity contribution in [1.29, 1.82) is 0 Å². The Morgan fingerprint density at radius 2 is 1.90 bits per heavy atom. The molecule has 3 heterocycles. The van der Waals surface area contributed by atoms with Gasteiger partial charge in [-0.2, -0.15) is 0 Å². The lowest BCUT2D eigenvalue weighted by molar-refractivity contribution is -0.152. The Labute approximate surface area is 227 Å². The SMILES string of the molecule is COc1cccc([C@@H]2C=C(C)C3=COC[C@@H](C)N4C(=O)[C@@H](CC(=O)N5CCC(C(=O)O)CC5)OC2=C34)c1OC. The summed E-state index contributed by atoms with van der Waals surface area (Å²) in [5.74, 6) is -0.517. The van der Waals surface area contributed by atoms with Crippen LogP contribution in [0.25, 0.3) is 0 Å². The van der Waals surface area contributed by atoms with Gasteiger partial charge in [-0.05, 0) is 38.3 Å². The summed E-state index contributed by atoms with van der Waals surface area (Å²) >= 11 is 0. The fourth-order valence-corrected chi connectivity index (χ4v) is 5.84. The van der Waals surface area contributed by atoms with Gasteiger partial charge in [-0.1, -0.05) is 18.2 Å². The third-order valence-corrected chi connectivity index (χ3v) is 7.94. The summed E-state index contributed by atoms with van der Waals surface area (Å²) in [4.78, 5) is 41.8. The molecule has 4 aliphatic rings. The summed E-state index contributed by atoms with van der Waals surface area (Å²) in [5.41, 5.74) is 3.15. The Hall–Kier alpha value is -3.95. The zero-order chi connectivity index (χ0) is 27.8.